The lowest BCUT2D eigenvalue weighted by molar-refractivity contribution is 0.670. The Morgan fingerprint density at radius 1 is 1.30 bits per heavy atom. The van der Waals surface area contributed by atoms with Crippen LogP contribution in [0.4, 0.5) is 5.13 Å². The largest absolute Gasteiger partial charge is 0.347 e. The zero-order valence-electron chi connectivity index (χ0n) is 12.9. The quantitative estimate of drug-likeness (QED) is 0.810. The molecule has 0 amide bonds. The van der Waals surface area contributed by atoms with Gasteiger partial charge < -0.3 is 10.2 Å². The molecule has 0 saturated carbocycles. The maximum atomic E-state index is 4.95. The van der Waals surface area contributed by atoms with Crippen molar-refractivity contribution in [2.24, 2.45) is 0 Å². The number of hydrogen-bond donors (Lipinski definition) is 1. The number of anilines is 1. The number of aromatic nitrogens is 1. The van der Waals surface area contributed by atoms with Crippen LogP contribution < -0.4 is 10.2 Å². The summed E-state index contributed by atoms with van der Waals surface area (Å²) in [6.07, 6.45) is 2.47. The summed E-state index contributed by atoms with van der Waals surface area (Å²) in [4.78, 5) is 8.87. The summed E-state index contributed by atoms with van der Waals surface area (Å²) >= 11 is 3.97. The number of thiazole rings is 1. The van der Waals surface area contributed by atoms with Crippen molar-refractivity contribution < 1.29 is 0 Å². The topological polar surface area (TPSA) is 28.2 Å². The Bertz CT molecular complexity index is 396. The third kappa shape index (κ3) is 4.37. The minimum Gasteiger partial charge on any atom is -0.347 e. The van der Waals surface area contributed by atoms with Gasteiger partial charge in [0.05, 0.1) is 5.69 Å². The number of rotatable bonds is 6. The Kier molecular flexibility index (Phi) is 6.65. The van der Waals surface area contributed by atoms with Gasteiger partial charge in [-0.15, -0.1) is 11.3 Å². The highest BCUT2D eigenvalue weighted by Crippen LogP contribution is 2.31. The minimum atomic E-state index is 0.514. The van der Waals surface area contributed by atoms with Crippen LogP contribution in [0.3, 0.4) is 0 Å². The molecule has 114 valence electrons. The van der Waals surface area contributed by atoms with E-state index in [1.54, 1.807) is 0 Å². The Labute approximate surface area is 131 Å². The summed E-state index contributed by atoms with van der Waals surface area (Å²) in [5.74, 6) is 3.05. The molecule has 0 unspecified atom stereocenters. The van der Waals surface area contributed by atoms with Crippen molar-refractivity contribution in [3.63, 3.8) is 0 Å². The van der Waals surface area contributed by atoms with Gasteiger partial charge in [-0.1, -0.05) is 20.8 Å². The molecule has 1 aromatic heterocycles. The fourth-order valence-electron chi connectivity index (χ4n) is 2.38. The highest BCUT2D eigenvalue weighted by atomic mass is 32.2. The predicted molar refractivity (Wildman–Crippen MR) is 92.4 cm³/mol. The highest BCUT2D eigenvalue weighted by molar-refractivity contribution is 7.99. The zero-order valence-corrected chi connectivity index (χ0v) is 14.6. The van der Waals surface area contributed by atoms with Crippen LogP contribution in [0, 0.1) is 0 Å². The molecule has 2 rings (SSSR count). The van der Waals surface area contributed by atoms with Crippen molar-refractivity contribution in [3.05, 3.63) is 10.6 Å². The van der Waals surface area contributed by atoms with Crippen molar-refractivity contribution in [1.82, 2.24) is 10.3 Å². The fraction of sp³-hybridized carbons (Fsp3) is 0.800. The Hall–Kier alpha value is -0.260. The minimum absolute atomic E-state index is 0.514. The highest BCUT2D eigenvalue weighted by Gasteiger charge is 2.19. The Morgan fingerprint density at radius 3 is 2.90 bits per heavy atom. The lowest BCUT2D eigenvalue weighted by atomic mass is 10.1. The predicted octanol–water partition coefficient (Wildman–Crippen LogP) is 3.71. The summed E-state index contributed by atoms with van der Waals surface area (Å²) < 4.78 is 0. The molecule has 0 radical (unpaired) electrons. The van der Waals surface area contributed by atoms with E-state index in [9.17, 15) is 0 Å². The van der Waals surface area contributed by atoms with Crippen LogP contribution in [0.5, 0.6) is 0 Å². The lowest BCUT2D eigenvalue weighted by Gasteiger charge is -2.18. The van der Waals surface area contributed by atoms with Crippen LogP contribution in [0.25, 0.3) is 0 Å². The van der Waals surface area contributed by atoms with Gasteiger partial charge in [0.1, 0.15) is 0 Å². The molecule has 1 aliphatic heterocycles. The van der Waals surface area contributed by atoms with Gasteiger partial charge in [0.15, 0.2) is 5.13 Å². The molecule has 0 spiro atoms. The van der Waals surface area contributed by atoms with Gasteiger partial charge in [-0.25, -0.2) is 4.98 Å². The molecular weight excluding hydrogens is 286 g/mol. The summed E-state index contributed by atoms with van der Waals surface area (Å²) in [7, 11) is 0. The first kappa shape index (κ1) is 16.1. The summed E-state index contributed by atoms with van der Waals surface area (Å²) in [5, 5.41) is 4.76. The maximum Gasteiger partial charge on any atom is 0.185 e. The Balaban J connectivity index is 2.10. The second-order valence-corrected chi connectivity index (χ2v) is 7.88. The van der Waals surface area contributed by atoms with Crippen molar-refractivity contribution in [1.29, 1.82) is 0 Å². The first-order valence-electron chi connectivity index (χ1n) is 7.75. The number of hydrogen-bond acceptors (Lipinski definition) is 5. The number of thioether (sulfide) groups is 1. The molecule has 2 heterocycles. The lowest BCUT2D eigenvalue weighted by Crippen LogP contribution is -2.25. The van der Waals surface area contributed by atoms with E-state index in [0.717, 1.165) is 19.6 Å². The van der Waals surface area contributed by atoms with E-state index in [1.165, 1.54) is 46.6 Å². The molecule has 0 bridgehead atoms. The fourth-order valence-corrected chi connectivity index (χ4v) is 4.50. The molecule has 1 aromatic rings. The summed E-state index contributed by atoms with van der Waals surface area (Å²) in [6.45, 7) is 11.1. The second-order valence-electron chi connectivity index (χ2n) is 5.59. The molecule has 0 aliphatic carbocycles. The molecule has 3 nitrogen and oxygen atoms in total. The molecule has 5 heteroatoms. The monoisotopic (exact) mass is 313 g/mol. The second kappa shape index (κ2) is 8.25. The number of nitrogens with one attached hydrogen (secondary N) is 1. The molecular formula is C15H27N3S2. The van der Waals surface area contributed by atoms with E-state index < -0.39 is 0 Å². The average molecular weight is 314 g/mol. The van der Waals surface area contributed by atoms with E-state index in [4.69, 9.17) is 4.98 Å². The van der Waals surface area contributed by atoms with Crippen molar-refractivity contribution in [2.75, 3.05) is 36.0 Å². The smallest absolute Gasteiger partial charge is 0.185 e. The average Bonchev–Trinajstić information content (AvgIpc) is 2.67. The first-order chi connectivity index (χ1) is 9.72. The molecule has 1 fully saturated rings. The van der Waals surface area contributed by atoms with Crippen LogP contribution >= 0.6 is 23.1 Å². The van der Waals surface area contributed by atoms with Crippen LogP contribution in [-0.4, -0.2) is 36.1 Å². The SMILES string of the molecule is CCCNCc1sc(N2CCCSCC2)nc1C(C)C. The van der Waals surface area contributed by atoms with Gasteiger partial charge in [0, 0.05) is 30.3 Å². The Morgan fingerprint density at radius 2 is 2.15 bits per heavy atom. The molecule has 0 atom stereocenters. The van der Waals surface area contributed by atoms with Crippen LogP contribution in [-0.2, 0) is 6.54 Å². The first-order valence-corrected chi connectivity index (χ1v) is 9.72. The zero-order chi connectivity index (χ0) is 14.4. The standard InChI is InChI=1S/C15H27N3S2/c1-4-6-16-11-13-14(12(2)3)17-15(20-13)18-7-5-9-19-10-8-18/h12,16H,4-11H2,1-3H3. The van der Waals surface area contributed by atoms with E-state index in [1.807, 2.05) is 11.3 Å². The molecule has 1 saturated heterocycles. The van der Waals surface area contributed by atoms with E-state index in [0.29, 0.717) is 5.92 Å². The van der Waals surface area contributed by atoms with Crippen molar-refractivity contribution >= 4 is 28.2 Å². The van der Waals surface area contributed by atoms with Crippen LogP contribution in [0.2, 0.25) is 0 Å². The molecule has 1 N–H and O–H groups in total. The van der Waals surface area contributed by atoms with E-state index >= 15 is 0 Å². The normalized spacial score (nSPS) is 16.7. The molecule has 0 aromatic carbocycles. The van der Waals surface area contributed by atoms with Gasteiger partial charge >= 0.3 is 0 Å². The molecule has 20 heavy (non-hydrogen) atoms. The third-order valence-electron chi connectivity index (χ3n) is 3.47. The van der Waals surface area contributed by atoms with E-state index in [2.05, 4.69) is 42.7 Å². The van der Waals surface area contributed by atoms with Crippen molar-refractivity contribution in [3.8, 4) is 0 Å². The molecule has 1 aliphatic rings. The maximum absolute atomic E-state index is 4.95. The third-order valence-corrected chi connectivity index (χ3v) is 5.65. The summed E-state index contributed by atoms with van der Waals surface area (Å²) in [5.41, 5.74) is 1.30. The van der Waals surface area contributed by atoms with Gasteiger partial charge in [-0.2, -0.15) is 11.8 Å². The van der Waals surface area contributed by atoms with Gasteiger partial charge in [0.25, 0.3) is 0 Å². The van der Waals surface area contributed by atoms with Crippen LogP contribution in [0.15, 0.2) is 0 Å². The van der Waals surface area contributed by atoms with Gasteiger partial charge in [-0.3, -0.25) is 0 Å². The van der Waals surface area contributed by atoms with Crippen molar-refractivity contribution in [2.45, 2.75) is 46.1 Å². The van der Waals surface area contributed by atoms with E-state index in [-0.39, 0.29) is 0 Å². The number of nitrogens with zero attached hydrogens (tertiary/aromatic N) is 2. The van der Waals surface area contributed by atoms with Crippen LogP contribution in [0.1, 0.15) is 50.1 Å². The summed E-state index contributed by atoms with van der Waals surface area (Å²) in [6, 6.07) is 0. The van der Waals surface area contributed by atoms with Gasteiger partial charge in [0.2, 0.25) is 0 Å². The van der Waals surface area contributed by atoms with Gasteiger partial charge in [-0.05, 0) is 31.1 Å².